The molecule has 14 heavy (non-hydrogen) atoms. The van der Waals surface area contributed by atoms with Gasteiger partial charge in [-0.15, -0.1) is 0 Å². The van der Waals surface area contributed by atoms with E-state index in [1.54, 1.807) is 0 Å². The number of hydrogen-bond donors (Lipinski definition) is 3. The number of aliphatic hydroxyl groups is 2. The number of aromatic nitrogens is 2. The summed E-state index contributed by atoms with van der Waals surface area (Å²) < 4.78 is 1.53. The SMILES string of the molecule is CCn1cc(C(O)C(O)C(=O)O)cn1. The van der Waals surface area contributed by atoms with E-state index >= 15 is 0 Å². The van der Waals surface area contributed by atoms with E-state index in [-0.39, 0.29) is 0 Å². The lowest BCUT2D eigenvalue weighted by Crippen LogP contribution is -2.27. The molecule has 0 radical (unpaired) electrons. The van der Waals surface area contributed by atoms with Gasteiger partial charge in [-0.25, -0.2) is 4.79 Å². The summed E-state index contributed by atoms with van der Waals surface area (Å²) in [5.74, 6) is -1.46. The van der Waals surface area contributed by atoms with Crippen molar-refractivity contribution in [2.45, 2.75) is 25.7 Å². The van der Waals surface area contributed by atoms with Gasteiger partial charge in [0, 0.05) is 18.3 Å². The highest BCUT2D eigenvalue weighted by Crippen LogP contribution is 2.15. The van der Waals surface area contributed by atoms with Crippen molar-refractivity contribution in [3.05, 3.63) is 18.0 Å². The van der Waals surface area contributed by atoms with Crippen molar-refractivity contribution in [1.29, 1.82) is 0 Å². The van der Waals surface area contributed by atoms with E-state index in [0.29, 0.717) is 12.1 Å². The zero-order valence-electron chi connectivity index (χ0n) is 7.66. The second-order valence-corrected chi connectivity index (χ2v) is 2.86. The topological polar surface area (TPSA) is 95.6 Å². The van der Waals surface area contributed by atoms with Crippen LogP contribution in [0.5, 0.6) is 0 Å². The number of carboxylic acid groups (broad SMARTS) is 1. The molecule has 0 aromatic carbocycles. The molecule has 3 N–H and O–H groups in total. The second-order valence-electron chi connectivity index (χ2n) is 2.86. The fourth-order valence-electron chi connectivity index (χ4n) is 1.02. The van der Waals surface area contributed by atoms with Crippen LogP contribution < -0.4 is 0 Å². The predicted octanol–water partition coefficient (Wildman–Crippen LogP) is -0.618. The fraction of sp³-hybridized carbons (Fsp3) is 0.500. The largest absolute Gasteiger partial charge is 0.479 e. The Morgan fingerprint density at radius 2 is 2.29 bits per heavy atom. The van der Waals surface area contributed by atoms with Crippen molar-refractivity contribution < 1.29 is 20.1 Å². The van der Waals surface area contributed by atoms with Crippen LogP contribution in [0.3, 0.4) is 0 Å². The Hall–Kier alpha value is -1.40. The maximum Gasteiger partial charge on any atom is 0.335 e. The standard InChI is InChI=1S/C8H12N2O4/c1-2-10-4-5(3-9-10)6(11)7(12)8(13)14/h3-4,6-7,11-12H,2H2,1H3,(H,13,14). The normalized spacial score (nSPS) is 15.1. The van der Waals surface area contributed by atoms with Gasteiger partial charge in [0.1, 0.15) is 6.10 Å². The molecule has 0 aliphatic carbocycles. The first-order valence-corrected chi connectivity index (χ1v) is 4.17. The molecule has 1 aromatic rings. The molecule has 0 bridgehead atoms. The van der Waals surface area contributed by atoms with E-state index in [2.05, 4.69) is 5.10 Å². The van der Waals surface area contributed by atoms with Gasteiger partial charge in [0.25, 0.3) is 0 Å². The highest BCUT2D eigenvalue weighted by molar-refractivity contribution is 5.72. The Morgan fingerprint density at radius 3 is 2.71 bits per heavy atom. The summed E-state index contributed by atoms with van der Waals surface area (Å²) in [6, 6.07) is 0. The van der Waals surface area contributed by atoms with Crippen LogP contribution in [0.4, 0.5) is 0 Å². The molecule has 0 fully saturated rings. The minimum Gasteiger partial charge on any atom is -0.479 e. The van der Waals surface area contributed by atoms with E-state index in [1.165, 1.54) is 17.1 Å². The third kappa shape index (κ3) is 2.09. The smallest absolute Gasteiger partial charge is 0.335 e. The van der Waals surface area contributed by atoms with Crippen molar-refractivity contribution >= 4 is 5.97 Å². The number of aliphatic hydroxyl groups excluding tert-OH is 2. The Morgan fingerprint density at radius 1 is 1.64 bits per heavy atom. The van der Waals surface area contributed by atoms with Crippen molar-refractivity contribution in [3.63, 3.8) is 0 Å². The minimum atomic E-state index is -1.82. The molecule has 2 unspecified atom stereocenters. The molecular formula is C8H12N2O4. The summed E-state index contributed by atoms with van der Waals surface area (Å²) in [7, 11) is 0. The fourth-order valence-corrected chi connectivity index (χ4v) is 1.02. The van der Waals surface area contributed by atoms with E-state index in [0.717, 1.165) is 0 Å². The molecule has 0 spiro atoms. The Balaban J connectivity index is 2.78. The number of nitrogens with zero attached hydrogens (tertiary/aromatic N) is 2. The van der Waals surface area contributed by atoms with Gasteiger partial charge in [-0.1, -0.05) is 0 Å². The number of hydrogen-bond acceptors (Lipinski definition) is 4. The van der Waals surface area contributed by atoms with E-state index in [4.69, 9.17) is 10.2 Å². The van der Waals surface area contributed by atoms with E-state index in [9.17, 15) is 9.90 Å². The number of rotatable bonds is 4. The molecule has 0 aliphatic heterocycles. The van der Waals surface area contributed by atoms with Gasteiger partial charge in [-0.2, -0.15) is 5.10 Å². The molecule has 0 amide bonds. The van der Waals surface area contributed by atoms with Crippen LogP contribution in [0.2, 0.25) is 0 Å². The molecule has 1 aromatic heterocycles. The third-order valence-electron chi connectivity index (χ3n) is 1.87. The number of carbonyl (C=O) groups is 1. The average molecular weight is 200 g/mol. The first-order chi connectivity index (χ1) is 6.56. The van der Waals surface area contributed by atoms with Crippen molar-refractivity contribution in [2.24, 2.45) is 0 Å². The molecule has 78 valence electrons. The van der Waals surface area contributed by atoms with Crippen LogP contribution in [0.15, 0.2) is 12.4 Å². The average Bonchev–Trinajstić information content (AvgIpc) is 2.63. The maximum absolute atomic E-state index is 10.4. The third-order valence-corrected chi connectivity index (χ3v) is 1.87. The van der Waals surface area contributed by atoms with Gasteiger partial charge in [0.15, 0.2) is 6.10 Å². The summed E-state index contributed by atoms with van der Waals surface area (Å²) in [5.41, 5.74) is 0.293. The molecule has 6 heteroatoms. The van der Waals surface area contributed by atoms with Gasteiger partial charge < -0.3 is 15.3 Å². The lowest BCUT2D eigenvalue weighted by molar-refractivity contribution is -0.153. The van der Waals surface area contributed by atoms with Gasteiger partial charge in [0.2, 0.25) is 0 Å². The number of carboxylic acids is 1. The quantitative estimate of drug-likeness (QED) is 0.602. The van der Waals surface area contributed by atoms with Crippen LogP contribution in [0, 0.1) is 0 Å². The van der Waals surface area contributed by atoms with Crippen molar-refractivity contribution in [2.75, 3.05) is 0 Å². The highest BCUT2D eigenvalue weighted by atomic mass is 16.4. The highest BCUT2D eigenvalue weighted by Gasteiger charge is 2.25. The molecule has 0 saturated carbocycles. The van der Waals surface area contributed by atoms with E-state index < -0.39 is 18.2 Å². The molecule has 1 rings (SSSR count). The molecule has 0 saturated heterocycles. The zero-order chi connectivity index (χ0) is 10.7. The Kier molecular flexibility index (Phi) is 3.21. The number of aliphatic carboxylic acids is 1. The van der Waals surface area contributed by atoms with Gasteiger partial charge in [0.05, 0.1) is 6.20 Å². The summed E-state index contributed by atoms with van der Waals surface area (Å²) in [6.45, 7) is 2.48. The molecule has 1 heterocycles. The molecule has 2 atom stereocenters. The first-order valence-electron chi connectivity index (χ1n) is 4.17. The molecular weight excluding hydrogens is 188 g/mol. The minimum absolute atomic E-state index is 0.293. The van der Waals surface area contributed by atoms with Crippen molar-refractivity contribution in [1.82, 2.24) is 9.78 Å². The van der Waals surface area contributed by atoms with Crippen LogP contribution in [0.1, 0.15) is 18.6 Å². The van der Waals surface area contributed by atoms with Crippen LogP contribution in [0.25, 0.3) is 0 Å². The summed E-state index contributed by atoms with van der Waals surface area (Å²) in [5, 5.41) is 30.7. The monoisotopic (exact) mass is 200 g/mol. The van der Waals surface area contributed by atoms with Gasteiger partial charge >= 0.3 is 5.97 Å². The summed E-state index contributed by atoms with van der Waals surface area (Å²) in [4.78, 5) is 10.4. The Labute approximate surface area is 80.4 Å². The Bertz CT molecular complexity index is 323. The first kappa shape index (κ1) is 10.7. The second kappa shape index (κ2) is 4.21. The predicted molar refractivity (Wildman–Crippen MR) is 46.5 cm³/mol. The van der Waals surface area contributed by atoms with Crippen LogP contribution >= 0.6 is 0 Å². The summed E-state index contributed by atoms with van der Waals surface area (Å²) in [6.07, 6.45) is -0.422. The number of aryl methyl sites for hydroxylation is 1. The molecule has 6 nitrogen and oxygen atoms in total. The van der Waals surface area contributed by atoms with Crippen LogP contribution in [-0.4, -0.2) is 37.2 Å². The van der Waals surface area contributed by atoms with Gasteiger partial charge in [-0.05, 0) is 6.92 Å². The zero-order valence-corrected chi connectivity index (χ0v) is 7.66. The maximum atomic E-state index is 10.4. The lowest BCUT2D eigenvalue weighted by Gasteiger charge is -2.11. The van der Waals surface area contributed by atoms with Crippen molar-refractivity contribution in [3.8, 4) is 0 Å². The van der Waals surface area contributed by atoms with E-state index in [1.807, 2.05) is 6.92 Å². The lowest BCUT2D eigenvalue weighted by atomic mass is 10.1. The summed E-state index contributed by atoms with van der Waals surface area (Å²) >= 11 is 0. The van der Waals surface area contributed by atoms with Crippen LogP contribution in [-0.2, 0) is 11.3 Å². The van der Waals surface area contributed by atoms with Gasteiger partial charge in [-0.3, -0.25) is 4.68 Å². The molecule has 0 aliphatic rings.